The first-order valence-electron chi connectivity index (χ1n) is 7.85. The maximum absolute atomic E-state index is 10.9. The average Bonchev–Trinajstić information content (AvgIpc) is 2.47. The summed E-state index contributed by atoms with van der Waals surface area (Å²) in [6.45, 7) is 6.63. The number of aliphatic hydroxyl groups excluding tert-OH is 1. The number of amides is 1. The Labute approximate surface area is 133 Å². The second kappa shape index (κ2) is 9.43. The van der Waals surface area contributed by atoms with Crippen LogP contribution in [0, 0.1) is 0 Å². The van der Waals surface area contributed by atoms with Gasteiger partial charge in [-0.25, -0.2) is 0 Å². The molecule has 0 saturated heterocycles. The van der Waals surface area contributed by atoms with Crippen LogP contribution in [0.15, 0.2) is 24.3 Å². The van der Waals surface area contributed by atoms with Crippen molar-refractivity contribution in [1.82, 2.24) is 4.90 Å². The summed E-state index contributed by atoms with van der Waals surface area (Å²) < 4.78 is 5.59. The maximum Gasteiger partial charge on any atom is 0.221 e. The first kappa shape index (κ1) is 18.5. The molecule has 1 unspecified atom stereocenters. The predicted molar refractivity (Wildman–Crippen MR) is 89.2 cm³/mol. The van der Waals surface area contributed by atoms with Crippen LogP contribution < -0.4 is 10.1 Å². The molecule has 1 atom stereocenters. The molecule has 0 saturated carbocycles. The number of carbonyl (C=O) groups is 1. The van der Waals surface area contributed by atoms with E-state index in [0.29, 0.717) is 18.3 Å². The van der Waals surface area contributed by atoms with E-state index in [1.54, 1.807) is 24.3 Å². The molecule has 0 aromatic heterocycles. The van der Waals surface area contributed by atoms with Gasteiger partial charge in [0.25, 0.3) is 0 Å². The minimum Gasteiger partial charge on any atom is -0.491 e. The molecule has 1 amide bonds. The average molecular weight is 308 g/mol. The van der Waals surface area contributed by atoms with Crippen molar-refractivity contribution in [2.45, 2.75) is 45.8 Å². The Hall–Kier alpha value is -1.59. The molecule has 0 fully saturated rings. The van der Waals surface area contributed by atoms with Crippen LogP contribution in [0.2, 0.25) is 0 Å². The van der Waals surface area contributed by atoms with E-state index in [4.69, 9.17) is 4.74 Å². The molecule has 0 aliphatic rings. The molecule has 0 radical (unpaired) electrons. The van der Waals surface area contributed by atoms with Gasteiger partial charge in [-0.1, -0.05) is 13.8 Å². The third-order valence-corrected chi connectivity index (χ3v) is 3.68. The lowest BCUT2D eigenvalue weighted by Gasteiger charge is -2.28. The zero-order valence-corrected chi connectivity index (χ0v) is 14.0. The highest BCUT2D eigenvalue weighted by Crippen LogP contribution is 2.16. The Balaban J connectivity index is 2.40. The molecule has 0 aliphatic carbocycles. The molecule has 5 heteroatoms. The molecule has 0 aliphatic heterocycles. The van der Waals surface area contributed by atoms with Gasteiger partial charge < -0.3 is 20.1 Å². The van der Waals surface area contributed by atoms with E-state index < -0.39 is 6.10 Å². The largest absolute Gasteiger partial charge is 0.491 e. The summed E-state index contributed by atoms with van der Waals surface area (Å²) in [6.07, 6.45) is 1.62. The van der Waals surface area contributed by atoms with Gasteiger partial charge in [-0.3, -0.25) is 4.79 Å². The Morgan fingerprint density at radius 1 is 1.27 bits per heavy atom. The first-order chi connectivity index (χ1) is 10.5. The van der Waals surface area contributed by atoms with E-state index in [0.717, 1.165) is 18.5 Å². The minimum absolute atomic E-state index is 0.103. The van der Waals surface area contributed by atoms with Gasteiger partial charge in [0.2, 0.25) is 5.91 Å². The number of hydrogen-bond acceptors (Lipinski definition) is 4. The van der Waals surface area contributed by atoms with Gasteiger partial charge in [-0.2, -0.15) is 0 Å². The predicted octanol–water partition coefficient (Wildman–Crippen LogP) is 2.51. The number of rotatable bonds is 9. The molecule has 124 valence electrons. The zero-order chi connectivity index (χ0) is 16.5. The van der Waals surface area contributed by atoms with Crippen LogP contribution >= 0.6 is 0 Å². The van der Waals surface area contributed by atoms with Gasteiger partial charge >= 0.3 is 0 Å². The number of carbonyl (C=O) groups excluding carboxylic acids is 1. The SMILES string of the molecule is CCC(CC)N(C)CC(O)COc1ccc(NC(C)=O)cc1. The van der Waals surface area contributed by atoms with Crippen molar-refractivity contribution in [2.24, 2.45) is 0 Å². The Morgan fingerprint density at radius 3 is 2.36 bits per heavy atom. The lowest BCUT2D eigenvalue weighted by molar-refractivity contribution is -0.114. The molecule has 0 bridgehead atoms. The monoisotopic (exact) mass is 308 g/mol. The summed E-state index contributed by atoms with van der Waals surface area (Å²) in [5, 5.41) is 12.8. The van der Waals surface area contributed by atoms with E-state index in [-0.39, 0.29) is 12.5 Å². The molecule has 22 heavy (non-hydrogen) atoms. The fraction of sp³-hybridized carbons (Fsp3) is 0.588. The van der Waals surface area contributed by atoms with Crippen molar-refractivity contribution in [1.29, 1.82) is 0 Å². The fourth-order valence-electron chi connectivity index (χ4n) is 2.48. The van der Waals surface area contributed by atoms with Crippen LogP contribution in [-0.2, 0) is 4.79 Å². The van der Waals surface area contributed by atoms with Crippen LogP contribution in [0.3, 0.4) is 0 Å². The summed E-state index contributed by atoms with van der Waals surface area (Å²) in [6, 6.07) is 7.61. The van der Waals surface area contributed by atoms with Gasteiger partial charge in [-0.15, -0.1) is 0 Å². The molecule has 0 heterocycles. The third-order valence-electron chi connectivity index (χ3n) is 3.68. The summed E-state index contributed by atoms with van der Waals surface area (Å²) in [4.78, 5) is 13.1. The molecule has 5 nitrogen and oxygen atoms in total. The van der Waals surface area contributed by atoms with E-state index in [1.165, 1.54) is 6.92 Å². The number of nitrogens with zero attached hydrogens (tertiary/aromatic N) is 1. The molecule has 1 rings (SSSR count). The quantitative estimate of drug-likeness (QED) is 0.736. The van der Waals surface area contributed by atoms with Gasteiger partial charge in [0.1, 0.15) is 18.5 Å². The Bertz CT molecular complexity index is 444. The summed E-state index contributed by atoms with van der Waals surface area (Å²) in [5.41, 5.74) is 0.730. The molecular formula is C17H28N2O3. The Morgan fingerprint density at radius 2 is 1.86 bits per heavy atom. The normalized spacial score (nSPS) is 12.5. The molecule has 0 spiro atoms. The smallest absolute Gasteiger partial charge is 0.221 e. The first-order valence-corrected chi connectivity index (χ1v) is 7.85. The van der Waals surface area contributed by atoms with Gasteiger partial charge in [-0.05, 0) is 44.2 Å². The van der Waals surface area contributed by atoms with Crippen molar-refractivity contribution < 1.29 is 14.6 Å². The van der Waals surface area contributed by atoms with Crippen LogP contribution in [-0.4, -0.2) is 48.3 Å². The highest BCUT2D eigenvalue weighted by molar-refractivity contribution is 5.88. The van der Waals surface area contributed by atoms with Crippen LogP contribution in [0.5, 0.6) is 5.75 Å². The minimum atomic E-state index is -0.527. The lowest BCUT2D eigenvalue weighted by atomic mass is 10.1. The van der Waals surface area contributed by atoms with Crippen molar-refractivity contribution in [3.63, 3.8) is 0 Å². The van der Waals surface area contributed by atoms with E-state index in [2.05, 4.69) is 24.1 Å². The number of benzene rings is 1. The summed E-state index contributed by atoms with van der Waals surface area (Å²) in [5.74, 6) is 0.576. The second-order valence-electron chi connectivity index (χ2n) is 5.58. The van der Waals surface area contributed by atoms with Gasteiger partial charge in [0, 0.05) is 25.2 Å². The second-order valence-corrected chi connectivity index (χ2v) is 5.58. The third kappa shape index (κ3) is 6.45. The maximum atomic E-state index is 10.9. The molecule has 2 N–H and O–H groups in total. The van der Waals surface area contributed by atoms with E-state index in [1.807, 2.05) is 7.05 Å². The highest BCUT2D eigenvalue weighted by Gasteiger charge is 2.15. The summed E-state index contributed by atoms with van der Waals surface area (Å²) >= 11 is 0. The molecule has 1 aromatic rings. The topological polar surface area (TPSA) is 61.8 Å². The number of likely N-dealkylation sites (N-methyl/N-ethyl adjacent to an activating group) is 1. The van der Waals surface area contributed by atoms with Crippen LogP contribution in [0.25, 0.3) is 0 Å². The lowest BCUT2D eigenvalue weighted by Crippen LogP contribution is -2.39. The van der Waals surface area contributed by atoms with Gasteiger partial charge in [0.15, 0.2) is 0 Å². The molecule has 1 aromatic carbocycles. The number of nitrogens with one attached hydrogen (secondary N) is 1. The van der Waals surface area contributed by atoms with Gasteiger partial charge in [0.05, 0.1) is 0 Å². The van der Waals surface area contributed by atoms with Crippen LogP contribution in [0.4, 0.5) is 5.69 Å². The summed E-state index contributed by atoms with van der Waals surface area (Å²) in [7, 11) is 2.03. The van der Waals surface area contributed by atoms with Crippen LogP contribution in [0.1, 0.15) is 33.6 Å². The van der Waals surface area contributed by atoms with Crippen molar-refractivity contribution in [3.8, 4) is 5.75 Å². The number of ether oxygens (including phenoxy) is 1. The number of anilines is 1. The molecular weight excluding hydrogens is 280 g/mol. The highest BCUT2D eigenvalue weighted by atomic mass is 16.5. The van der Waals surface area contributed by atoms with E-state index in [9.17, 15) is 9.90 Å². The zero-order valence-electron chi connectivity index (χ0n) is 14.0. The number of aliphatic hydroxyl groups is 1. The van der Waals surface area contributed by atoms with Crippen molar-refractivity contribution >= 4 is 11.6 Å². The van der Waals surface area contributed by atoms with Crippen molar-refractivity contribution in [2.75, 3.05) is 25.5 Å². The van der Waals surface area contributed by atoms with Crippen molar-refractivity contribution in [3.05, 3.63) is 24.3 Å². The van der Waals surface area contributed by atoms with E-state index >= 15 is 0 Å². The standard InChI is InChI=1S/C17H28N2O3/c1-5-15(6-2)19(4)11-16(21)12-22-17-9-7-14(8-10-17)18-13(3)20/h7-10,15-16,21H,5-6,11-12H2,1-4H3,(H,18,20). The Kier molecular flexibility index (Phi) is 7.91. The fourth-order valence-corrected chi connectivity index (χ4v) is 2.48. The number of hydrogen-bond donors (Lipinski definition) is 2.